The Kier molecular flexibility index (Phi) is 11.3. The summed E-state index contributed by atoms with van der Waals surface area (Å²) < 4.78 is 17.5. The van der Waals surface area contributed by atoms with Gasteiger partial charge in [0, 0.05) is 41.6 Å². The van der Waals surface area contributed by atoms with E-state index in [2.05, 4.69) is 15.6 Å². The highest BCUT2D eigenvalue weighted by Crippen LogP contribution is 2.32. The number of hydrogen-bond acceptors (Lipinski definition) is 5. The van der Waals surface area contributed by atoms with Crippen molar-refractivity contribution >= 4 is 39.9 Å². The normalized spacial score (nSPS) is 17.7. The van der Waals surface area contributed by atoms with Crippen LogP contribution in [0.25, 0.3) is 0 Å². The average molecular weight is 596 g/mol. The third-order valence-electron chi connectivity index (χ3n) is 7.75. The quantitative estimate of drug-likeness (QED) is 0.244. The Morgan fingerprint density at radius 3 is 2.61 bits per heavy atom. The van der Waals surface area contributed by atoms with Gasteiger partial charge >= 0.3 is 0 Å². The zero-order valence-corrected chi connectivity index (χ0v) is 25.2. The molecule has 0 saturated heterocycles. The Morgan fingerprint density at radius 1 is 1.05 bits per heavy atom. The number of anilines is 1. The van der Waals surface area contributed by atoms with Crippen molar-refractivity contribution in [1.82, 2.24) is 10.3 Å². The molecule has 4 rings (SSSR count). The summed E-state index contributed by atoms with van der Waals surface area (Å²) in [4.78, 5) is 30.8. The molecule has 3 unspecified atom stereocenters. The van der Waals surface area contributed by atoms with Gasteiger partial charge in [0.15, 0.2) is 0 Å². The fraction of sp³-hybridized carbons (Fsp3) is 0.406. The number of aryl methyl sites for hydroxylation is 1. The molecular weight excluding hydrogens is 558 g/mol. The monoisotopic (exact) mass is 595 g/mol. The Morgan fingerprint density at radius 2 is 1.83 bits per heavy atom. The lowest BCUT2D eigenvalue weighted by atomic mass is 9.92. The molecule has 0 bridgehead atoms. The first-order valence-electron chi connectivity index (χ1n) is 14.1. The van der Waals surface area contributed by atoms with Crippen molar-refractivity contribution in [3.05, 3.63) is 82.6 Å². The second-order valence-corrected chi connectivity index (χ2v) is 12.5. The SMILES string of the molecule is COc1ccccc1CNC(=O)CC1CCCC(CCc2ncc(S(C)=O)cc2NC(=O)c2cccc(Cl)c2)CC1. The summed E-state index contributed by atoms with van der Waals surface area (Å²) in [6, 6.07) is 16.3. The van der Waals surface area contributed by atoms with Crippen LogP contribution in [-0.2, 0) is 28.6 Å². The molecule has 218 valence electrons. The van der Waals surface area contributed by atoms with Crippen molar-refractivity contribution in [3.63, 3.8) is 0 Å². The van der Waals surface area contributed by atoms with E-state index in [0.717, 1.165) is 55.5 Å². The van der Waals surface area contributed by atoms with E-state index in [0.29, 0.717) is 52.4 Å². The van der Waals surface area contributed by atoms with Crippen molar-refractivity contribution < 1.29 is 18.5 Å². The van der Waals surface area contributed by atoms with Crippen LogP contribution in [0.15, 0.2) is 65.7 Å². The first-order valence-corrected chi connectivity index (χ1v) is 16.0. The molecule has 1 aromatic heterocycles. The number of benzene rings is 2. The van der Waals surface area contributed by atoms with Gasteiger partial charge in [0.25, 0.3) is 5.91 Å². The van der Waals surface area contributed by atoms with Gasteiger partial charge in [-0.2, -0.15) is 0 Å². The summed E-state index contributed by atoms with van der Waals surface area (Å²) in [5.74, 6) is 1.48. The Labute approximate surface area is 249 Å². The number of ether oxygens (including phenoxy) is 1. The van der Waals surface area contributed by atoms with Crippen LogP contribution in [0.2, 0.25) is 5.02 Å². The Bertz CT molecular complexity index is 1380. The van der Waals surface area contributed by atoms with Gasteiger partial charge in [-0.3, -0.25) is 18.8 Å². The van der Waals surface area contributed by atoms with Crippen molar-refractivity contribution in [1.29, 1.82) is 0 Å². The number of aromatic nitrogens is 1. The highest BCUT2D eigenvalue weighted by atomic mass is 35.5. The number of nitrogens with one attached hydrogen (secondary N) is 2. The van der Waals surface area contributed by atoms with Crippen LogP contribution in [0.1, 0.15) is 66.6 Å². The molecule has 7 nitrogen and oxygen atoms in total. The number of carbonyl (C=O) groups is 2. The number of amides is 2. The number of hydrogen-bond donors (Lipinski definition) is 2. The van der Waals surface area contributed by atoms with Crippen molar-refractivity contribution in [2.45, 2.75) is 62.8 Å². The van der Waals surface area contributed by atoms with E-state index in [1.807, 2.05) is 24.3 Å². The topological polar surface area (TPSA) is 97.4 Å². The standard InChI is InChI=1S/C32H38ClN3O4S/c1-40-30-12-4-3-9-25(30)20-35-31(37)17-23-8-5-7-22(13-14-23)15-16-28-29(19-27(21-34-28)41(2)39)36-32(38)24-10-6-11-26(33)18-24/h3-4,6,9-12,18-19,21-23H,5,7-8,13-17,20H2,1-2H3,(H,35,37)(H,36,38). The molecule has 0 aliphatic heterocycles. The largest absolute Gasteiger partial charge is 0.496 e. The number of carbonyl (C=O) groups excluding carboxylic acids is 2. The van der Waals surface area contributed by atoms with Crippen molar-refractivity contribution in [2.75, 3.05) is 18.7 Å². The fourth-order valence-corrected chi connectivity index (χ4v) is 6.10. The second-order valence-electron chi connectivity index (χ2n) is 10.7. The van der Waals surface area contributed by atoms with Gasteiger partial charge in [0.1, 0.15) is 5.75 Å². The van der Waals surface area contributed by atoms with E-state index in [4.69, 9.17) is 16.3 Å². The second kappa shape index (κ2) is 15.1. The number of nitrogens with zero attached hydrogens (tertiary/aromatic N) is 1. The molecular formula is C32H38ClN3O4S. The van der Waals surface area contributed by atoms with Crippen molar-refractivity contribution in [2.24, 2.45) is 11.8 Å². The van der Waals surface area contributed by atoms with Crippen molar-refractivity contribution in [3.8, 4) is 5.75 Å². The molecule has 2 aromatic carbocycles. The maximum atomic E-state index is 12.9. The molecule has 0 radical (unpaired) electrons. The van der Waals surface area contributed by atoms with Gasteiger partial charge in [-0.25, -0.2) is 0 Å². The van der Waals surface area contributed by atoms with E-state index >= 15 is 0 Å². The number of para-hydroxylation sites is 1. The molecule has 1 heterocycles. The number of methoxy groups -OCH3 is 1. The lowest BCUT2D eigenvalue weighted by molar-refractivity contribution is -0.122. The van der Waals surface area contributed by atoms with Crippen LogP contribution in [0.4, 0.5) is 5.69 Å². The van der Waals surface area contributed by atoms with E-state index in [9.17, 15) is 13.8 Å². The van der Waals surface area contributed by atoms with E-state index in [-0.39, 0.29) is 11.8 Å². The summed E-state index contributed by atoms with van der Waals surface area (Å²) >= 11 is 6.07. The van der Waals surface area contributed by atoms with Gasteiger partial charge < -0.3 is 15.4 Å². The molecule has 41 heavy (non-hydrogen) atoms. The van der Waals surface area contributed by atoms with E-state index in [1.54, 1.807) is 49.9 Å². The molecule has 2 amide bonds. The van der Waals surface area contributed by atoms with Crippen LogP contribution >= 0.6 is 11.6 Å². The molecule has 1 aliphatic rings. The minimum absolute atomic E-state index is 0.0806. The predicted octanol–water partition coefficient (Wildman–Crippen LogP) is 6.57. The summed E-state index contributed by atoms with van der Waals surface area (Å²) in [7, 11) is 0.419. The molecule has 1 fully saturated rings. The molecule has 9 heteroatoms. The third-order valence-corrected chi connectivity index (χ3v) is 8.87. The van der Waals surface area contributed by atoms with Gasteiger partial charge in [-0.15, -0.1) is 0 Å². The van der Waals surface area contributed by atoms with Crippen LogP contribution in [0.3, 0.4) is 0 Å². The molecule has 3 aromatic rings. The van der Waals surface area contributed by atoms with Gasteiger partial charge in [-0.05, 0) is 67.9 Å². The molecule has 1 saturated carbocycles. The zero-order valence-electron chi connectivity index (χ0n) is 23.7. The van der Waals surface area contributed by atoms with Crippen LogP contribution in [0.5, 0.6) is 5.75 Å². The maximum Gasteiger partial charge on any atom is 0.255 e. The van der Waals surface area contributed by atoms with Crippen LogP contribution in [0, 0.1) is 11.8 Å². The summed E-state index contributed by atoms with van der Waals surface area (Å²) in [5.41, 5.74) is 2.79. The lowest BCUT2D eigenvalue weighted by Gasteiger charge is -2.17. The molecule has 3 atom stereocenters. The minimum atomic E-state index is -1.22. The van der Waals surface area contributed by atoms with Gasteiger partial charge in [-0.1, -0.05) is 55.1 Å². The van der Waals surface area contributed by atoms with E-state index < -0.39 is 10.8 Å². The summed E-state index contributed by atoms with van der Waals surface area (Å²) in [6.45, 7) is 0.464. The summed E-state index contributed by atoms with van der Waals surface area (Å²) in [6.07, 6.45) is 10.7. The van der Waals surface area contributed by atoms with E-state index in [1.165, 1.54) is 0 Å². The predicted molar refractivity (Wildman–Crippen MR) is 164 cm³/mol. The van der Waals surface area contributed by atoms with Gasteiger partial charge in [0.2, 0.25) is 5.91 Å². The zero-order chi connectivity index (χ0) is 29.2. The lowest BCUT2D eigenvalue weighted by Crippen LogP contribution is -2.25. The molecule has 0 spiro atoms. The highest BCUT2D eigenvalue weighted by Gasteiger charge is 2.22. The molecule has 1 aliphatic carbocycles. The molecule has 2 N–H and O–H groups in total. The van der Waals surface area contributed by atoms with Crippen LogP contribution in [-0.4, -0.2) is 34.4 Å². The number of rotatable bonds is 11. The first kappa shape index (κ1) is 30.7. The fourth-order valence-electron chi connectivity index (χ4n) is 5.43. The van der Waals surface area contributed by atoms with Gasteiger partial charge in [0.05, 0.1) is 34.2 Å². The third kappa shape index (κ3) is 9.13. The minimum Gasteiger partial charge on any atom is -0.496 e. The highest BCUT2D eigenvalue weighted by molar-refractivity contribution is 7.84. The number of halogens is 1. The van der Waals surface area contributed by atoms with Crippen LogP contribution < -0.4 is 15.4 Å². The number of pyridine rings is 1. The Balaban J connectivity index is 1.31. The Hall–Kier alpha value is -3.23. The summed E-state index contributed by atoms with van der Waals surface area (Å²) in [5, 5.41) is 6.51. The smallest absolute Gasteiger partial charge is 0.255 e. The first-order chi connectivity index (χ1) is 19.8. The maximum absolute atomic E-state index is 12.9. The average Bonchev–Trinajstić information content (AvgIpc) is 3.20.